The van der Waals surface area contributed by atoms with E-state index in [9.17, 15) is 9.59 Å². The normalized spacial score (nSPS) is 24.1. The lowest BCUT2D eigenvalue weighted by atomic mass is 9.81. The Morgan fingerprint density at radius 1 is 1.14 bits per heavy atom. The minimum absolute atomic E-state index is 0.0163. The topological polar surface area (TPSA) is 69.6 Å². The maximum Gasteiger partial charge on any atom is 0.306 e. The van der Waals surface area contributed by atoms with Gasteiger partial charge in [0.05, 0.1) is 5.92 Å². The number of nitrogens with one attached hydrogen (secondary N) is 1. The van der Waals surface area contributed by atoms with E-state index >= 15 is 0 Å². The quantitative estimate of drug-likeness (QED) is 0.754. The van der Waals surface area contributed by atoms with Crippen LogP contribution in [0.5, 0.6) is 0 Å². The predicted octanol–water partition coefficient (Wildman–Crippen LogP) is 1.97. The zero-order valence-electron chi connectivity index (χ0n) is 13.8. The summed E-state index contributed by atoms with van der Waals surface area (Å²) in [5.74, 6) is -0.358. The van der Waals surface area contributed by atoms with Crippen molar-refractivity contribution in [1.29, 1.82) is 0 Å². The van der Waals surface area contributed by atoms with Crippen molar-refractivity contribution in [2.24, 2.45) is 17.8 Å². The molecule has 0 aliphatic heterocycles. The van der Waals surface area contributed by atoms with Crippen molar-refractivity contribution >= 4 is 11.9 Å². The zero-order chi connectivity index (χ0) is 16.0. The summed E-state index contributed by atoms with van der Waals surface area (Å²) in [6.07, 6.45) is 3.60. The maximum absolute atomic E-state index is 12.4. The largest absolute Gasteiger partial charge is 0.481 e. The second kappa shape index (κ2) is 8.37. The molecule has 1 unspecified atom stereocenters. The Bertz CT molecular complexity index is 337. The number of amides is 1. The molecule has 0 bridgehead atoms. The first-order valence-corrected chi connectivity index (χ1v) is 7.97. The molecule has 0 saturated heterocycles. The summed E-state index contributed by atoms with van der Waals surface area (Å²) in [6, 6.07) is 0.171. The van der Waals surface area contributed by atoms with Crippen LogP contribution >= 0.6 is 0 Å². The molecule has 1 fully saturated rings. The number of rotatable bonds is 7. The fourth-order valence-electron chi connectivity index (χ4n) is 3.11. The molecular formula is C16H30N2O3. The Kier molecular flexibility index (Phi) is 7.15. The van der Waals surface area contributed by atoms with Crippen LogP contribution in [0.25, 0.3) is 0 Å². The van der Waals surface area contributed by atoms with Gasteiger partial charge in [0.25, 0.3) is 0 Å². The van der Waals surface area contributed by atoms with Crippen molar-refractivity contribution in [2.75, 3.05) is 20.6 Å². The number of carboxylic acid groups (broad SMARTS) is 1. The third-order valence-electron chi connectivity index (χ3n) is 4.14. The maximum atomic E-state index is 12.4. The first-order chi connectivity index (χ1) is 9.79. The fraction of sp³-hybridized carbons (Fsp3) is 0.875. The molecule has 1 aliphatic rings. The van der Waals surface area contributed by atoms with Crippen molar-refractivity contribution in [3.05, 3.63) is 0 Å². The third-order valence-corrected chi connectivity index (χ3v) is 4.14. The van der Waals surface area contributed by atoms with E-state index in [0.717, 1.165) is 13.0 Å². The molecule has 21 heavy (non-hydrogen) atoms. The van der Waals surface area contributed by atoms with E-state index in [1.807, 2.05) is 14.1 Å². The van der Waals surface area contributed by atoms with E-state index in [1.165, 1.54) is 0 Å². The second-order valence-electron chi connectivity index (χ2n) is 6.98. The molecule has 5 nitrogen and oxygen atoms in total. The molecule has 0 heterocycles. The SMILES string of the molecule is CC(C)CC(CN(C)C)NC(=O)C1CCC(C(=O)O)CC1. The highest BCUT2D eigenvalue weighted by Gasteiger charge is 2.30. The van der Waals surface area contributed by atoms with Gasteiger partial charge in [-0.3, -0.25) is 9.59 Å². The molecule has 1 aliphatic carbocycles. The van der Waals surface area contributed by atoms with E-state index in [4.69, 9.17) is 5.11 Å². The highest BCUT2D eigenvalue weighted by Crippen LogP contribution is 2.29. The van der Waals surface area contributed by atoms with Gasteiger partial charge in [-0.25, -0.2) is 0 Å². The molecule has 0 radical (unpaired) electrons. The van der Waals surface area contributed by atoms with Crippen LogP contribution in [0.4, 0.5) is 0 Å². The zero-order valence-corrected chi connectivity index (χ0v) is 13.8. The predicted molar refractivity (Wildman–Crippen MR) is 83.0 cm³/mol. The third kappa shape index (κ3) is 6.46. The molecule has 2 N–H and O–H groups in total. The molecule has 1 saturated carbocycles. The van der Waals surface area contributed by atoms with Crippen molar-refractivity contribution in [2.45, 2.75) is 52.0 Å². The molecule has 1 amide bonds. The van der Waals surface area contributed by atoms with Gasteiger partial charge in [0, 0.05) is 18.5 Å². The Balaban J connectivity index is 2.48. The number of likely N-dealkylation sites (N-methyl/N-ethyl adjacent to an activating group) is 1. The second-order valence-corrected chi connectivity index (χ2v) is 6.98. The van der Waals surface area contributed by atoms with Crippen LogP contribution in [0.15, 0.2) is 0 Å². The number of carboxylic acids is 1. The number of hydrogen-bond acceptors (Lipinski definition) is 3. The minimum Gasteiger partial charge on any atom is -0.481 e. The van der Waals surface area contributed by atoms with E-state index in [0.29, 0.717) is 31.6 Å². The van der Waals surface area contributed by atoms with Crippen molar-refractivity contribution in [3.8, 4) is 0 Å². The molecule has 1 rings (SSSR count). The highest BCUT2D eigenvalue weighted by molar-refractivity contribution is 5.79. The Labute approximate surface area is 128 Å². The first-order valence-electron chi connectivity index (χ1n) is 7.97. The summed E-state index contributed by atoms with van der Waals surface area (Å²) in [5.41, 5.74) is 0. The van der Waals surface area contributed by atoms with E-state index in [1.54, 1.807) is 0 Å². The lowest BCUT2D eigenvalue weighted by Gasteiger charge is -2.29. The molecule has 122 valence electrons. The van der Waals surface area contributed by atoms with Gasteiger partial charge in [0.2, 0.25) is 5.91 Å². The molecule has 5 heteroatoms. The summed E-state index contributed by atoms with van der Waals surface area (Å²) >= 11 is 0. The first kappa shape index (κ1) is 18.0. The molecule has 0 aromatic heterocycles. The van der Waals surface area contributed by atoms with Gasteiger partial charge in [0.1, 0.15) is 0 Å². The van der Waals surface area contributed by atoms with Gasteiger partial charge >= 0.3 is 5.97 Å². The van der Waals surface area contributed by atoms with Crippen LogP contribution in [-0.2, 0) is 9.59 Å². The van der Waals surface area contributed by atoms with Crippen molar-refractivity contribution in [3.63, 3.8) is 0 Å². The minimum atomic E-state index is -0.723. The molecule has 0 aromatic rings. The summed E-state index contributed by atoms with van der Waals surface area (Å²) < 4.78 is 0. The van der Waals surface area contributed by atoms with E-state index in [-0.39, 0.29) is 23.8 Å². The van der Waals surface area contributed by atoms with Crippen LogP contribution in [0.1, 0.15) is 46.0 Å². The van der Waals surface area contributed by atoms with Gasteiger partial charge in [-0.05, 0) is 52.1 Å². The Hall–Kier alpha value is -1.10. The molecular weight excluding hydrogens is 268 g/mol. The number of aliphatic carboxylic acids is 1. The summed E-state index contributed by atoms with van der Waals surface area (Å²) in [5, 5.41) is 12.2. The van der Waals surface area contributed by atoms with Crippen LogP contribution in [-0.4, -0.2) is 48.6 Å². The summed E-state index contributed by atoms with van der Waals surface area (Å²) in [6.45, 7) is 5.16. The number of carbonyl (C=O) groups is 2. The van der Waals surface area contributed by atoms with E-state index < -0.39 is 5.97 Å². The van der Waals surface area contributed by atoms with Gasteiger partial charge in [-0.1, -0.05) is 13.8 Å². The fourth-order valence-corrected chi connectivity index (χ4v) is 3.11. The molecule has 0 spiro atoms. The standard InChI is InChI=1S/C16H30N2O3/c1-11(2)9-14(10-18(3)4)17-15(19)12-5-7-13(8-6-12)16(20)21/h11-14H,5-10H2,1-4H3,(H,17,19)(H,20,21). The summed E-state index contributed by atoms with van der Waals surface area (Å²) in [7, 11) is 4.02. The summed E-state index contributed by atoms with van der Waals surface area (Å²) in [4.78, 5) is 25.4. The van der Waals surface area contributed by atoms with E-state index in [2.05, 4.69) is 24.1 Å². The van der Waals surface area contributed by atoms with Gasteiger partial charge < -0.3 is 15.3 Å². The van der Waals surface area contributed by atoms with Crippen LogP contribution in [0.2, 0.25) is 0 Å². The number of nitrogens with zero attached hydrogens (tertiary/aromatic N) is 1. The highest BCUT2D eigenvalue weighted by atomic mass is 16.4. The van der Waals surface area contributed by atoms with Crippen LogP contribution in [0.3, 0.4) is 0 Å². The lowest BCUT2D eigenvalue weighted by Crippen LogP contribution is -2.45. The number of hydrogen-bond donors (Lipinski definition) is 2. The molecule has 0 aromatic carbocycles. The average Bonchev–Trinajstić information content (AvgIpc) is 2.37. The lowest BCUT2D eigenvalue weighted by molar-refractivity contribution is -0.144. The average molecular weight is 298 g/mol. The van der Waals surface area contributed by atoms with Crippen molar-refractivity contribution in [1.82, 2.24) is 10.2 Å². The Morgan fingerprint density at radius 2 is 1.67 bits per heavy atom. The monoisotopic (exact) mass is 298 g/mol. The van der Waals surface area contributed by atoms with Crippen LogP contribution < -0.4 is 5.32 Å². The molecule has 1 atom stereocenters. The van der Waals surface area contributed by atoms with Crippen molar-refractivity contribution < 1.29 is 14.7 Å². The Morgan fingerprint density at radius 3 is 2.10 bits per heavy atom. The van der Waals surface area contributed by atoms with Gasteiger partial charge in [0.15, 0.2) is 0 Å². The smallest absolute Gasteiger partial charge is 0.306 e. The van der Waals surface area contributed by atoms with Gasteiger partial charge in [-0.15, -0.1) is 0 Å². The number of carbonyl (C=O) groups excluding carboxylic acids is 1. The van der Waals surface area contributed by atoms with Crippen LogP contribution in [0, 0.1) is 17.8 Å². The van der Waals surface area contributed by atoms with Gasteiger partial charge in [-0.2, -0.15) is 0 Å².